The Morgan fingerprint density at radius 1 is 1.53 bits per heavy atom. The molecule has 17 heavy (non-hydrogen) atoms. The van der Waals surface area contributed by atoms with Crippen LogP contribution in [0, 0.1) is 0 Å². The first kappa shape index (κ1) is 13.5. The fourth-order valence-corrected chi connectivity index (χ4v) is 1.93. The highest BCUT2D eigenvalue weighted by Crippen LogP contribution is 2.20. The number of aliphatic hydroxyl groups is 1. The van der Waals surface area contributed by atoms with Crippen molar-refractivity contribution < 1.29 is 5.11 Å². The van der Waals surface area contributed by atoms with Crippen LogP contribution in [-0.4, -0.2) is 34.3 Å². The number of nitrogens with two attached hydrogens (primary N) is 1. The summed E-state index contributed by atoms with van der Waals surface area (Å²) in [6.45, 7) is 4.54. The van der Waals surface area contributed by atoms with Gasteiger partial charge >= 0.3 is 0 Å². The van der Waals surface area contributed by atoms with Crippen molar-refractivity contribution >= 4 is 11.5 Å². The molecule has 0 amide bonds. The summed E-state index contributed by atoms with van der Waals surface area (Å²) < 4.78 is 0. The molecule has 1 aromatic rings. The van der Waals surface area contributed by atoms with E-state index in [4.69, 9.17) is 10.8 Å². The second kappa shape index (κ2) is 6.24. The molecule has 0 radical (unpaired) electrons. The summed E-state index contributed by atoms with van der Waals surface area (Å²) >= 11 is 0. The molecule has 0 atom stereocenters. The Morgan fingerprint density at radius 2 is 2.18 bits per heavy atom. The maximum Gasteiger partial charge on any atom is 0.276 e. The van der Waals surface area contributed by atoms with Gasteiger partial charge in [-0.25, -0.2) is 4.98 Å². The van der Waals surface area contributed by atoms with Crippen molar-refractivity contribution in [2.75, 3.05) is 23.8 Å². The zero-order valence-electron chi connectivity index (χ0n) is 10.3. The highest BCUT2D eigenvalue weighted by Gasteiger charge is 2.19. The number of aromatic amines is 1. The Balaban J connectivity index is 3.13. The van der Waals surface area contributed by atoms with Crippen molar-refractivity contribution in [3.8, 4) is 0 Å². The Bertz CT molecular complexity index is 401. The van der Waals surface area contributed by atoms with Gasteiger partial charge in [-0.3, -0.25) is 4.79 Å². The van der Waals surface area contributed by atoms with Crippen LogP contribution in [0.25, 0.3) is 0 Å². The van der Waals surface area contributed by atoms with Crippen LogP contribution < -0.4 is 16.2 Å². The number of anilines is 2. The van der Waals surface area contributed by atoms with Crippen molar-refractivity contribution in [1.82, 2.24) is 9.97 Å². The van der Waals surface area contributed by atoms with Crippen molar-refractivity contribution in [2.45, 2.75) is 32.7 Å². The average Bonchev–Trinajstić information content (AvgIpc) is 2.33. The van der Waals surface area contributed by atoms with Crippen LogP contribution in [0.1, 0.15) is 26.7 Å². The third kappa shape index (κ3) is 2.97. The molecule has 6 nitrogen and oxygen atoms in total. The van der Waals surface area contributed by atoms with Crippen molar-refractivity contribution in [3.63, 3.8) is 0 Å². The van der Waals surface area contributed by atoms with Gasteiger partial charge in [0.15, 0.2) is 5.82 Å². The zero-order valence-corrected chi connectivity index (χ0v) is 10.3. The molecule has 6 heteroatoms. The standard InChI is InChI=1S/C11H20N4O2/c1-3-8(4-2)15(5-6-16)10-9(12)11(17)14-7-13-10/h7-8,16H,3-6,12H2,1-2H3,(H,13,14,17). The molecule has 0 fully saturated rings. The van der Waals surface area contributed by atoms with Gasteiger partial charge in [-0.15, -0.1) is 0 Å². The minimum Gasteiger partial charge on any atom is -0.395 e. The Kier molecular flexibility index (Phi) is 4.96. The maximum atomic E-state index is 11.4. The number of H-pyrrole nitrogens is 1. The van der Waals surface area contributed by atoms with Crippen LogP contribution >= 0.6 is 0 Å². The Labute approximate surface area is 100 Å². The van der Waals surface area contributed by atoms with Gasteiger partial charge in [-0.2, -0.15) is 0 Å². The Hall–Kier alpha value is -1.56. The van der Waals surface area contributed by atoms with Gasteiger partial charge in [0.25, 0.3) is 5.56 Å². The summed E-state index contributed by atoms with van der Waals surface area (Å²) in [5.41, 5.74) is 5.49. The number of hydrogen-bond acceptors (Lipinski definition) is 5. The molecule has 0 spiro atoms. The van der Waals surface area contributed by atoms with E-state index >= 15 is 0 Å². The molecule has 0 aliphatic carbocycles. The van der Waals surface area contributed by atoms with E-state index in [0.717, 1.165) is 12.8 Å². The van der Waals surface area contributed by atoms with Crippen LogP contribution in [0.3, 0.4) is 0 Å². The molecular weight excluding hydrogens is 220 g/mol. The lowest BCUT2D eigenvalue weighted by Gasteiger charge is -2.31. The van der Waals surface area contributed by atoms with Gasteiger partial charge in [0, 0.05) is 12.6 Å². The van der Waals surface area contributed by atoms with Crippen LogP contribution in [-0.2, 0) is 0 Å². The first-order chi connectivity index (χ1) is 8.15. The Morgan fingerprint density at radius 3 is 2.71 bits per heavy atom. The lowest BCUT2D eigenvalue weighted by molar-refractivity contribution is 0.295. The van der Waals surface area contributed by atoms with E-state index in [1.165, 1.54) is 6.33 Å². The monoisotopic (exact) mass is 240 g/mol. The summed E-state index contributed by atoms with van der Waals surface area (Å²) in [6.07, 6.45) is 3.15. The van der Waals surface area contributed by atoms with E-state index < -0.39 is 0 Å². The predicted molar refractivity (Wildman–Crippen MR) is 68.1 cm³/mol. The summed E-state index contributed by atoms with van der Waals surface area (Å²) in [7, 11) is 0. The van der Waals surface area contributed by atoms with Gasteiger partial charge in [0.05, 0.1) is 12.9 Å². The molecule has 4 N–H and O–H groups in total. The molecule has 1 rings (SSSR count). The maximum absolute atomic E-state index is 11.4. The quantitative estimate of drug-likeness (QED) is 0.666. The molecule has 1 heterocycles. The second-order valence-corrected chi connectivity index (χ2v) is 3.86. The number of nitrogens with zero attached hydrogens (tertiary/aromatic N) is 2. The van der Waals surface area contributed by atoms with E-state index in [1.54, 1.807) is 0 Å². The van der Waals surface area contributed by atoms with Gasteiger partial charge < -0.3 is 20.7 Å². The third-order valence-electron chi connectivity index (χ3n) is 2.86. The van der Waals surface area contributed by atoms with E-state index in [0.29, 0.717) is 12.4 Å². The topological polar surface area (TPSA) is 95.2 Å². The fourth-order valence-electron chi connectivity index (χ4n) is 1.93. The lowest BCUT2D eigenvalue weighted by Crippen LogP contribution is -2.39. The largest absolute Gasteiger partial charge is 0.395 e. The number of nitrogen functional groups attached to an aromatic ring is 1. The average molecular weight is 240 g/mol. The predicted octanol–water partition coefficient (Wildman–Crippen LogP) is 0.339. The summed E-state index contributed by atoms with van der Waals surface area (Å²) in [5, 5.41) is 9.10. The molecule has 0 bridgehead atoms. The van der Waals surface area contributed by atoms with Crippen LogP contribution in [0.15, 0.2) is 11.1 Å². The molecule has 1 aromatic heterocycles. The first-order valence-electron chi connectivity index (χ1n) is 5.86. The van der Waals surface area contributed by atoms with Crippen LogP contribution in [0.2, 0.25) is 0 Å². The number of aromatic nitrogens is 2. The molecule has 0 unspecified atom stereocenters. The zero-order chi connectivity index (χ0) is 12.8. The lowest BCUT2D eigenvalue weighted by atomic mass is 10.1. The molecule has 0 aliphatic rings. The molecule has 0 saturated heterocycles. The van der Waals surface area contributed by atoms with Gasteiger partial charge in [0.2, 0.25) is 0 Å². The van der Waals surface area contributed by atoms with E-state index in [9.17, 15) is 4.79 Å². The van der Waals surface area contributed by atoms with Gasteiger partial charge in [-0.05, 0) is 12.8 Å². The third-order valence-corrected chi connectivity index (χ3v) is 2.86. The fraction of sp³-hybridized carbons (Fsp3) is 0.636. The van der Waals surface area contributed by atoms with Crippen molar-refractivity contribution in [1.29, 1.82) is 0 Å². The number of rotatable bonds is 6. The summed E-state index contributed by atoms with van der Waals surface area (Å²) in [5.74, 6) is 0.455. The van der Waals surface area contributed by atoms with E-state index in [2.05, 4.69) is 23.8 Å². The normalized spacial score (nSPS) is 10.8. The molecule has 96 valence electrons. The highest BCUT2D eigenvalue weighted by molar-refractivity contribution is 5.61. The number of nitrogens with one attached hydrogen (secondary N) is 1. The highest BCUT2D eigenvalue weighted by atomic mass is 16.3. The second-order valence-electron chi connectivity index (χ2n) is 3.86. The molecule has 0 aromatic carbocycles. The van der Waals surface area contributed by atoms with Crippen LogP contribution in [0.4, 0.5) is 11.5 Å². The van der Waals surface area contributed by atoms with Gasteiger partial charge in [-0.1, -0.05) is 13.8 Å². The molecule has 0 aliphatic heterocycles. The molecular formula is C11H20N4O2. The van der Waals surface area contributed by atoms with E-state index in [-0.39, 0.29) is 23.9 Å². The summed E-state index contributed by atoms with van der Waals surface area (Å²) in [4.78, 5) is 19.9. The van der Waals surface area contributed by atoms with Crippen molar-refractivity contribution in [2.24, 2.45) is 0 Å². The smallest absolute Gasteiger partial charge is 0.276 e. The van der Waals surface area contributed by atoms with E-state index in [1.807, 2.05) is 4.90 Å². The van der Waals surface area contributed by atoms with Crippen LogP contribution in [0.5, 0.6) is 0 Å². The van der Waals surface area contributed by atoms with Gasteiger partial charge in [0.1, 0.15) is 5.69 Å². The summed E-state index contributed by atoms with van der Waals surface area (Å²) in [6, 6.07) is 0.221. The minimum absolute atomic E-state index is 0.00438. The SMILES string of the molecule is CCC(CC)N(CCO)c1nc[nH]c(=O)c1N. The minimum atomic E-state index is -0.344. The number of aliphatic hydroxyl groups excluding tert-OH is 1. The van der Waals surface area contributed by atoms with Crippen molar-refractivity contribution in [3.05, 3.63) is 16.7 Å². The first-order valence-corrected chi connectivity index (χ1v) is 5.86. The number of hydrogen-bond donors (Lipinski definition) is 3. The molecule has 0 saturated carbocycles.